The quantitative estimate of drug-likeness (QED) is 0.743. The summed E-state index contributed by atoms with van der Waals surface area (Å²) in [6, 6.07) is 8.15. The van der Waals surface area contributed by atoms with Crippen molar-refractivity contribution in [3.8, 4) is 0 Å². The Balaban J connectivity index is 1.91. The predicted octanol–water partition coefficient (Wildman–Crippen LogP) is 0.846. The highest BCUT2D eigenvalue weighted by atomic mass is 16.6. The molecule has 1 aromatic rings. The fourth-order valence-corrected chi connectivity index (χ4v) is 1.99. The van der Waals surface area contributed by atoms with Crippen molar-refractivity contribution < 1.29 is 14.6 Å². The molecule has 0 amide bonds. The topological polar surface area (TPSA) is 45.3 Å². The minimum absolute atomic E-state index is 0.0650. The third kappa shape index (κ3) is 1.67. The highest BCUT2D eigenvalue weighted by Gasteiger charge is 2.47. The average Bonchev–Trinajstić information content (AvgIpc) is 3.14. The molecule has 0 saturated carbocycles. The molecule has 0 aliphatic carbocycles. The summed E-state index contributed by atoms with van der Waals surface area (Å²) in [4.78, 5) is 0. The first-order valence-electron chi connectivity index (χ1n) is 5.29. The van der Waals surface area contributed by atoms with Gasteiger partial charge in [-0.1, -0.05) is 24.3 Å². The van der Waals surface area contributed by atoms with Gasteiger partial charge in [0, 0.05) is 6.42 Å². The maximum Gasteiger partial charge on any atom is 0.140 e. The van der Waals surface area contributed by atoms with E-state index >= 15 is 0 Å². The molecule has 2 aliphatic rings. The van der Waals surface area contributed by atoms with Crippen molar-refractivity contribution in [2.75, 3.05) is 19.8 Å². The van der Waals surface area contributed by atoms with Crippen LogP contribution >= 0.6 is 0 Å². The van der Waals surface area contributed by atoms with Crippen molar-refractivity contribution >= 4 is 0 Å². The molecule has 1 aromatic carbocycles. The second-order valence-electron chi connectivity index (χ2n) is 4.26. The highest BCUT2D eigenvalue weighted by Crippen LogP contribution is 2.40. The van der Waals surface area contributed by atoms with Gasteiger partial charge in [0.05, 0.1) is 25.9 Å². The first-order valence-corrected chi connectivity index (χ1v) is 5.29. The van der Waals surface area contributed by atoms with Crippen LogP contribution in [0.1, 0.15) is 11.1 Å². The van der Waals surface area contributed by atoms with E-state index in [1.165, 1.54) is 5.56 Å². The molecule has 15 heavy (non-hydrogen) atoms. The number of rotatable bonds is 4. The van der Waals surface area contributed by atoms with Gasteiger partial charge in [-0.2, -0.15) is 0 Å². The Hall–Kier alpha value is -0.900. The van der Waals surface area contributed by atoms with Crippen LogP contribution in [0.15, 0.2) is 24.3 Å². The zero-order valence-electron chi connectivity index (χ0n) is 8.48. The van der Waals surface area contributed by atoms with E-state index < -0.39 is 5.60 Å². The third-order valence-electron chi connectivity index (χ3n) is 3.11. The van der Waals surface area contributed by atoms with Gasteiger partial charge in [0.2, 0.25) is 0 Å². The Morgan fingerprint density at radius 2 is 2.13 bits per heavy atom. The van der Waals surface area contributed by atoms with Gasteiger partial charge in [-0.05, 0) is 11.1 Å². The van der Waals surface area contributed by atoms with Crippen LogP contribution in [0.3, 0.4) is 0 Å². The minimum Gasteiger partial charge on any atom is -0.393 e. The van der Waals surface area contributed by atoms with Gasteiger partial charge in [-0.3, -0.25) is 0 Å². The maximum absolute atomic E-state index is 9.33. The van der Waals surface area contributed by atoms with Gasteiger partial charge in [-0.15, -0.1) is 0 Å². The Bertz CT molecular complexity index is 367. The van der Waals surface area contributed by atoms with Gasteiger partial charge in [0.25, 0.3) is 0 Å². The van der Waals surface area contributed by atoms with Crippen molar-refractivity contribution in [1.29, 1.82) is 0 Å². The molecule has 0 aromatic heterocycles. The number of hydrogen-bond acceptors (Lipinski definition) is 3. The molecule has 0 spiro atoms. The van der Waals surface area contributed by atoms with Gasteiger partial charge in [0.15, 0.2) is 0 Å². The van der Waals surface area contributed by atoms with E-state index in [4.69, 9.17) is 9.47 Å². The van der Waals surface area contributed by atoms with Crippen LogP contribution in [0.2, 0.25) is 0 Å². The van der Waals surface area contributed by atoms with Crippen molar-refractivity contribution in [3.05, 3.63) is 35.4 Å². The first-order chi connectivity index (χ1) is 7.34. The highest BCUT2D eigenvalue weighted by molar-refractivity contribution is 5.36. The molecule has 2 atom stereocenters. The molecule has 0 bridgehead atoms. The molecule has 2 fully saturated rings. The monoisotopic (exact) mass is 206 g/mol. The predicted molar refractivity (Wildman–Crippen MR) is 54.6 cm³/mol. The molecule has 2 heterocycles. The summed E-state index contributed by atoms with van der Waals surface area (Å²) < 4.78 is 10.6. The molecule has 1 unspecified atom stereocenters. The van der Waals surface area contributed by atoms with Crippen LogP contribution in [0, 0.1) is 0 Å². The summed E-state index contributed by atoms with van der Waals surface area (Å²) in [7, 11) is 0. The maximum atomic E-state index is 9.33. The number of aliphatic hydroxyl groups excluding tert-OH is 1. The van der Waals surface area contributed by atoms with Crippen LogP contribution in [0.5, 0.6) is 0 Å². The molecule has 80 valence electrons. The normalized spacial score (nSPS) is 32.7. The van der Waals surface area contributed by atoms with Crippen LogP contribution in [-0.2, 0) is 21.5 Å². The van der Waals surface area contributed by atoms with Gasteiger partial charge >= 0.3 is 0 Å². The molecule has 3 rings (SSSR count). The molecule has 3 heteroatoms. The number of epoxide rings is 2. The minimum atomic E-state index is -0.411. The zero-order valence-corrected chi connectivity index (χ0v) is 8.48. The van der Waals surface area contributed by atoms with Crippen LogP contribution in [0.4, 0.5) is 0 Å². The SMILES string of the molecule is OC[C@]1(c2ccccc2CC2CO2)CO1. The lowest BCUT2D eigenvalue weighted by molar-refractivity contribution is 0.172. The molecular formula is C12H14O3. The fraction of sp³-hybridized carbons (Fsp3) is 0.500. The van der Waals surface area contributed by atoms with Gasteiger partial charge in [-0.25, -0.2) is 0 Å². The average molecular weight is 206 g/mol. The van der Waals surface area contributed by atoms with Gasteiger partial charge in [0.1, 0.15) is 5.60 Å². The molecule has 3 nitrogen and oxygen atoms in total. The van der Waals surface area contributed by atoms with E-state index in [9.17, 15) is 5.11 Å². The lowest BCUT2D eigenvalue weighted by atomic mass is 9.93. The number of hydrogen-bond donors (Lipinski definition) is 1. The molecule has 2 saturated heterocycles. The van der Waals surface area contributed by atoms with E-state index in [0.717, 1.165) is 18.6 Å². The Kier molecular flexibility index (Phi) is 2.06. The van der Waals surface area contributed by atoms with Crippen molar-refractivity contribution in [3.63, 3.8) is 0 Å². The Morgan fingerprint density at radius 3 is 2.73 bits per heavy atom. The number of aliphatic hydroxyl groups is 1. The second-order valence-corrected chi connectivity index (χ2v) is 4.26. The Morgan fingerprint density at radius 1 is 1.40 bits per heavy atom. The summed E-state index contributed by atoms with van der Waals surface area (Å²) in [5, 5.41) is 9.33. The largest absolute Gasteiger partial charge is 0.393 e. The first kappa shape index (κ1) is 9.33. The summed E-state index contributed by atoms with van der Waals surface area (Å²) in [6.45, 7) is 1.56. The Labute approximate surface area is 88.6 Å². The molecular weight excluding hydrogens is 192 g/mol. The van der Waals surface area contributed by atoms with Crippen molar-refractivity contribution in [2.24, 2.45) is 0 Å². The van der Waals surface area contributed by atoms with Crippen LogP contribution in [0.25, 0.3) is 0 Å². The molecule has 2 aliphatic heterocycles. The second kappa shape index (κ2) is 3.30. The van der Waals surface area contributed by atoms with Gasteiger partial charge < -0.3 is 14.6 Å². The van der Waals surface area contributed by atoms with Crippen molar-refractivity contribution in [2.45, 2.75) is 18.1 Å². The molecule has 0 radical (unpaired) electrons. The summed E-state index contributed by atoms with van der Waals surface area (Å²) in [6.07, 6.45) is 1.31. The van der Waals surface area contributed by atoms with E-state index in [-0.39, 0.29) is 6.61 Å². The lowest BCUT2D eigenvalue weighted by Crippen LogP contribution is -2.17. The van der Waals surface area contributed by atoms with Crippen LogP contribution in [-0.4, -0.2) is 31.0 Å². The fourth-order valence-electron chi connectivity index (χ4n) is 1.99. The van der Waals surface area contributed by atoms with E-state index in [2.05, 4.69) is 6.07 Å². The summed E-state index contributed by atoms with van der Waals surface area (Å²) in [5.41, 5.74) is 1.96. The van der Waals surface area contributed by atoms with E-state index in [1.54, 1.807) is 0 Å². The van der Waals surface area contributed by atoms with E-state index in [0.29, 0.717) is 12.7 Å². The summed E-state index contributed by atoms with van der Waals surface area (Å²) in [5.74, 6) is 0. The smallest absolute Gasteiger partial charge is 0.140 e. The number of benzene rings is 1. The van der Waals surface area contributed by atoms with E-state index in [1.807, 2.05) is 18.2 Å². The van der Waals surface area contributed by atoms with Crippen LogP contribution < -0.4 is 0 Å². The third-order valence-corrected chi connectivity index (χ3v) is 3.11. The standard InChI is InChI=1S/C12H14O3/c13-7-12(8-15-12)11-4-2-1-3-9(11)5-10-6-14-10/h1-4,10,13H,5-8H2/t10?,12-/m1/s1. The summed E-state index contributed by atoms with van der Waals surface area (Å²) >= 11 is 0. The zero-order chi connectivity index (χ0) is 10.3. The molecule has 1 N–H and O–H groups in total. The number of ether oxygens (including phenoxy) is 2. The van der Waals surface area contributed by atoms with Crippen molar-refractivity contribution in [1.82, 2.24) is 0 Å². The lowest BCUT2D eigenvalue weighted by Gasteiger charge is -2.13.